The van der Waals surface area contributed by atoms with E-state index in [1.807, 2.05) is 0 Å². The van der Waals surface area contributed by atoms with Gasteiger partial charge in [-0.25, -0.2) is 9.18 Å². The molecule has 0 saturated heterocycles. The molecule has 0 aliphatic carbocycles. The van der Waals surface area contributed by atoms with Gasteiger partial charge in [-0.2, -0.15) is 0 Å². The Morgan fingerprint density at radius 3 is 2.68 bits per heavy atom. The van der Waals surface area contributed by atoms with Crippen LogP contribution in [0, 0.1) is 5.82 Å². The summed E-state index contributed by atoms with van der Waals surface area (Å²) in [6, 6.07) is 8.47. The van der Waals surface area contributed by atoms with Crippen LogP contribution >= 0.6 is 11.3 Å². The van der Waals surface area contributed by atoms with Crippen LogP contribution in [0.15, 0.2) is 41.2 Å². The maximum atomic E-state index is 13.2. The zero-order chi connectivity index (χ0) is 13.6. The van der Waals surface area contributed by atoms with E-state index < -0.39 is 11.8 Å². The fourth-order valence-electron chi connectivity index (χ4n) is 2.02. The fraction of sp³-hybridized carbons (Fsp3) is 0. The zero-order valence-corrected chi connectivity index (χ0v) is 10.3. The van der Waals surface area contributed by atoms with Crippen LogP contribution in [0.4, 0.5) is 4.39 Å². The Morgan fingerprint density at radius 2 is 1.95 bits per heavy atom. The Balaban J connectivity index is 2.57. The molecule has 0 bridgehead atoms. The number of hydrogen-bond acceptors (Lipinski definition) is 3. The van der Waals surface area contributed by atoms with Crippen LogP contribution in [-0.2, 0) is 0 Å². The third-order valence-corrected chi connectivity index (χ3v) is 4.11. The van der Waals surface area contributed by atoms with Gasteiger partial charge in [0.2, 0.25) is 0 Å². The van der Waals surface area contributed by atoms with Gasteiger partial charge in [0.15, 0.2) is 5.43 Å². The molecule has 0 radical (unpaired) electrons. The summed E-state index contributed by atoms with van der Waals surface area (Å²) >= 11 is 1.18. The van der Waals surface area contributed by atoms with Crippen LogP contribution in [0.5, 0.6) is 0 Å². The van der Waals surface area contributed by atoms with E-state index in [1.165, 1.54) is 41.7 Å². The summed E-state index contributed by atoms with van der Waals surface area (Å²) in [4.78, 5) is 23.4. The number of carboxylic acids is 1. The van der Waals surface area contributed by atoms with E-state index >= 15 is 0 Å². The van der Waals surface area contributed by atoms with E-state index in [2.05, 4.69) is 0 Å². The van der Waals surface area contributed by atoms with Gasteiger partial charge >= 0.3 is 5.97 Å². The Bertz CT molecular complexity index is 883. The van der Waals surface area contributed by atoms with Gasteiger partial charge in [-0.1, -0.05) is 6.07 Å². The van der Waals surface area contributed by atoms with Crippen molar-refractivity contribution in [3.05, 3.63) is 58.0 Å². The van der Waals surface area contributed by atoms with E-state index in [0.29, 0.717) is 14.8 Å². The number of aromatic carboxylic acids is 1. The van der Waals surface area contributed by atoms with Crippen LogP contribution < -0.4 is 5.43 Å². The monoisotopic (exact) mass is 274 g/mol. The molecule has 1 heterocycles. The standard InChI is InChI=1S/C14H7FO3S/c15-7-4-5-11-10(6-7)12(16)8-2-1-3-9(14(17)18)13(8)19-11/h1-6H,(H,17,18). The number of benzene rings is 2. The third kappa shape index (κ3) is 1.79. The molecule has 0 amide bonds. The second kappa shape index (κ2) is 4.13. The van der Waals surface area contributed by atoms with Crippen molar-refractivity contribution in [3.63, 3.8) is 0 Å². The van der Waals surface area contributed by atoms with Gasteiger partial charge in [-0.05, 0) is 30.3 Å². The Hall–Kier alpha value is -2.27. The molecule has 1 aromatic heterocycles. The smallest absolute Gasteiger partial charge is 0.337 e. The van der Waals surface area contributed by atoms with Gasteiger partial charge in [0.1, 0.15) is 5.82 Å². The summed E-state index contributed by atoms with van der Waals surface area (Å²) in [5, 5.41) is 9.72. The topological polar surface area (TPSA) is 54.4 Å². The van der Waals surface area contributed by atoms with E-state index in [4.69, 9.17) is 5.11 Å². The molecule has 0 fully saturated rings. The van der Waals surface area contributed by atoms with Crippen LogP contribution in [0.2, 0.25) is 0 Å². The Labute approximate surface area is 110 Å². The maximum Gasteiger partial charge on any atom is 0.337 e. The van der Waals surface area contributed by atoms with Gasteiger partial charge in [-0.3, -0.25) is 4.79 Å². The summed E-state index contributed by atoms with van der Waals surface area (Å²) in [5.41, 5.74) is -0.253. The highest BCUT2D eigenvalue weighted by atomic mass is 32.1. The van der Waals surface area contributed by atoms with Crippen LogP contribution in [0.25, 0.3) is 20.2 Å². The van der Waals surface area contributed by atoms with Crippen molar-refractivity contribution in [2.24, 2.45) is 0 Å². The van der Waals surface area contributed by atoms with Crippen LogP contribution in [-0.4, -0.2) is 11.1 Å². The number of carboxylic acid groups (broad SMARTS) is 1. The first-order valence-corrected chi connectivity index (χ1v) is 6.28. The molecule has 2 aromatic carbocycles. The first-order chi connectivity index (χ1) is 9.08. The maximum absolute atomic E-state index is 13.2. The lowest BCUT2D eigenvalue weighted by Gasteiger charge is -2.03. The van der Waals surface area contributed by atoms with E-state index in [0.717, 1.165) is 0 Å². The molecule has 3 rings (SSSR count). The molecule has 0 saturated carbocycles. The number of halogens is 1. The minimum atomic E-state index is -1.08. The predicted molar refractivity (Wildman–Crippen MR) is 72.5 cm³/mol. The lowest BCUT2D eigenvalue weighted by Crippen LogP contribution is -2.04. The average Bonchev–Trinajstić information content (AvgIpc) is 2.39. The van der Waals surface area contributed by atoms with Crippen molar-refractivity contribution in [2.75, 3.05) is 0 Å². The number of carbonyl (C=O) groups is 1. The van der Waals surface area contributed by atoms with Gasteiger partial charge < -0.3 is 5.11 Å². The molecule has 1 N–H and O–H groups in total. The first-order valence-electron chi connectivity index (χ1n) is 5.46. The van der Waals surface area contributed by atoms with Crippen LogP contribution in [0.1, 0.15) is 10.4 Å². The van der Waals surface area contributed by atoms with E-state index in [-0.39, 0.29) is 16.4 Å². The predicted octanol–water partition coefficient (Wildman–Crippen LogP) is 3.25. The summed E-state index contributed by atoms with van der Waals surface area (Å²) in [7, 11) is 0. The normalized spacial score (nSPS) is 11.0. The second-order valence-electron chi connectivity index (χ2n) is 4.06. The number of fused-ring (bicyclic) bond motifs is 2. The minimum absolute atomic E-state index is 0.0887. The van der Waals surface area contributed by atoms with E-state index in [1.54, 1.807) is 6.07 Å². The quantitative estimate of drug-likeness (QED) is 0.693. The van der Waals surface area contributed by atoms with Crippen molar-refractivity contribution < 1.29 is 14.3 Å². The van der Waals surface area contributed by atoms with Gasteiger partial charge in [-0.15, -0.1) is 11.3 Å². The molecule has 5 heteroatoms. The third-order valence-electron chi connectivity index (χ3n) is 2.89. The van der Waals surface area contributed by atoms with Crippen molar-refractivity contribution in [1.82, 2.24) is 0 Å². The SMILES string of the molecule is O=C(O)c1cccc2c(=O)c3cc(F)ccc3sc12. The van der Waals surface area contributed by atoms with Gasteiger partial charge in [0.05, 0.1) is 10.3 Å². The number of rotatable bonds is 1. The molecule has 0 unspecified atom stereocenters. The van der Waals surface area contributed by atoms with Crippen molar-refractivity contribution in [1.29, 1.82) is 0 Å². The summed E-state index contributed by atoms with van der Waals surface area (Å²) < 4.78 is 14.2. The molecule has 3 aromatic rings. The highest BCUT2D eigenvalue weighted by molar-refractivity contribution is 7.24. The van der Waals surface area contributed by atoms with Gasteiger partial charge in [0, 0.05) is 15.5 Å². The largest absolute Gasteiger partial charge is 0.478 e. The Kier molecular flexibility index (Phi) is 2.57. The molecule has 3 nitrogen and oxygen atoms in total. The highest BCUT2D eigenvalue weighted by Crippen LogP contribution is 2.27. The average molecular weight is 274 g/mol. The Morgan fingerprint density at radius 1 is 1.16 bits per heavy atom. The zero-order valence-electron chi connectivity index (χ0n) is 9.51. The molecule has 0 atom stereocenters. The van der Waals surface area contributed by atoms with Crippen molar-refractivity contribution >= 4 is 37.5 Å². The summed E-state index contributed by atoms with van der Waals surface area (Å²) in [5.74, 6) is -1.56. The lowest BCUT2D eigenvalue weighted by molar-refractivity contribution is 0.0699. The molecular weight excluding hydrogens is 267 g/mol. The highest BCUT2D eigenvalue weighted by Gasteiger charge is 2.13. The van der Waals surface area contributed by atoms with Gasteiger partial charge in [0.25, 0.3) is 0 Å². The first kappa shape index (κ1) is 11.8. The lowest BCUT2D eigenvalue weighted by atomic mass is 10.1. The summed E-state index contributed by atoms with van der Waals surface area (Å²) in [6.45, 7) is 0. The fourth-order valence-corrected chi connectivity index (χ4v) is 3.17. The molecule has 0 spiro atoms. The molecule has 94 valence electrons. The van der Waals surface area contributed by atoms with Crippen molar-refractivity contribution in [2.45, 2.75) is 0 Å². The minimum Gasteiger partial charge on any atom is -0.478 e. The second-order valence-corrected chi connectivity index (χ2v) is 5.11. The summed E-state index contributed by atoms with van der Waals surface area (Å²) in [6.07, 6.45) is 0. The van der Waals surface area contributed by atoms with E-state index in [9.17, 15) is 14.0 Å². The molecular formula is C14H7FO3S. The van der Waals surface area contributed by atoms with Crippen LogP contribution in [0.3, 0.4) is 0 Å². The molecule has 19 heavy (non-hydrogen) atoms. The molecule has 0 aliphatic heterocycles. The molecule has 0 aliphatic rings. The van der Waals surface area contributed by atoms with Crippen molar-refractivity contribution in [3.8, 4) is 0 Å². The number of hydrogen-bond donors (Lipinski definition) is 1.